The maximum Gasteiger partial charge on any atom is 0.248 e. The summed E-state index contributed by atoms with van der Waals surface area (Å²) >= 11 is 0. The largest absolute Gasteiger partial charge is 0.390 e. The van der Waals surface area contributed by atoms with E-state index in [0.717, 1.165) is 23.6 Å². The minimum absolute atomic E-state index is 0.0573. The normalized spacial score (nSPS) is 13.6. The van der Waals surface area contributed by atoms with Crippen molar-refractivity contribution in [2.45, 2.75) is 44.5 Å². The number of amides is 1. The van der Waals surface area contributed by atoms with E-state index in [0.29, 0.717) is 12.1 Å². The van der Waals surface area contributed by atoms with Gasteiger partial charge in [-0.1, -0.05) is 61.5 Å². The second-order valence-corrected chi connectivity index (χ2v) is 9.41. The molecule has 198 valence electrons. The van der Waals surface area contributed by atoms with Gasteiger partial charge in [0.25, 0.3) is 0 Å². The molecule has 0 saturated heterocycles. The Labute approximate surface area is 222 Å². The topological polar surface area (TPSA) is 66.3 Å². The Kier molecular flexibility index (Phi) is 9.40. The standard InChI is InChI=1S/C31H33F2N3O2/c1-2-22-9-8-10-23(15-22)20-34-21-29(37)28(18-24-16-26(32)19-27(33)17-24)35-31(38)30(36-13-6-7-14-36)25-11-4-3-5-12-25/h3-17,19,28-30,34,37H,2,18,20-21H2,1H3,(H,35,38)/t28-,29+,30?/m0/s1. The monoisotopic (exact) mass is 517 g/mol. The molecule has 3 N–H and O–H groups in total. The van der Waals surface area contributed by atoms with Crippen molar-refractivity contribution in [2.75, 3.05) is 6.54 Å². The predicted molar refractivity (Wildman–Crippen MR) is 145 cm³/mol. The van der Waals surface area contributed by atoms with E-state index in [2.05, 4.69) is 29.7 Å². The van der Waals surface area contributed by atoms with Gasteiger partial charge < -0.3 is 20.3 Å². The van der Waals surface area contributed by atoms with Crippen LogP contribution in [-0.2, 0) is 24.2 Å². The van der Waals surface area contributed by atoms with Crippen LogP contribution in [0.25, 0.3) is 0 Å². The Bertz CT molecular complexity index is 1290. The molecule has 1 unspecified atom stereocenters. The van der Waals surface area contributed by atoms with Crippen molar-refractivity contribution in [3.05, 3.63) is 131 Å². The molecule has 0 saturated carbocycles. The molecule has 1 amide bonds. The lowest BCUT2D eigenvalue weighted by atomic mass is 9.99. The van der Waals surface area contributed by atoms with Gasteiger partial charge in [-0.15, -0.1) is 0 Å². The minimum atomic E-state index is -1.01. The van der Waals surface area contributed by atoms with E-state index in [1.807, 2.05) is 54.6 Å². The number of hydrogen-bond acceptors (Lipinski definition) is 3. The number of benzene rings is 3. The zero-order chi connectivity index (χ0) is 26.9. The molecular formula is C31H33F2N3O2. The quantitative estimate of drug-likeness (QED) is 0.253. The fourth-order valence-electron chi connectivity index (χ4n) is 4.61. The zero-order valence-electron chi connectivity index (χ0n) is 21.4. The molecule has 5 nitrogen and oxygen atoms in total. The van der Waals surface area contributed by atoms with Crippen molar-refractivity contribution in [3.63, 3.8) is 0 Å². The van der Waals surface area contributed by atoms with Gasteiger partial charge in [0, 0.05) is 31.5 Å². The molecule has 0 spiro atoms. The van der Waals surface area contributed by atoms with Crippen LogP contribution in [0.3, 0.4) is 0 Å². The van der Waals surface area contributed by atoms with Crippen molar-refractivity contribution >= 4 is 5.91 Å². The number of halogens is 2. The molecule has 0 fully saturated rings. The molecule has 1 aromatic heterocycles. The number of nitrogens with zero attached hydrogens (tertiary/aromatic N) is 1. The Morgan fingerprint density at radius 3 is 2.24 bits per heavy atom. The lowest BCUT2D eigenvalue weighted by Gasteiger charge is -2.28. The first-order chi connectivity index (χ1) is 18.4. The zero-order valence-corrected chi connectivity index (χ0v) is 21.4. The molecule has 4 aromatic rings. The number of carbonyl (C=O) groups excluding carboxylic acids is 1. The Morgan fingerprint density at radius 2 is 1.55 bits per heavy atom. The van der Waals surface area contributed by atoms with Gasteiger partial charge in [-0.2, -0.15) is 0 Å². The van der Waals surface area contributed by atoms with Crippen LogP contribution >= 0.6 is 0 Å². The summed E-state index contributed by atoms with van der Waals surface area (Å²) in [4.78, 5) is 13.6. The highest BCUT2D eigenvalue weighted by Gasteiger charge is 2.28. The summed E-state index contributed by atoms with van der Waals surface area (Å²) in [6.45, 7) is 2.81. The van der Waals surface area contributed by atoms with E-state index < -0.39 is 29.8 Å². The molecule has 0 aliphatic heterocycles. The lowest BCUT2D eigenvalue weighted by Crippen LogP contribution is -2.50. The van der Waals surface area contributed by atoms with E-state index in [4.69, 9.17) is 0 Å². The molecule has 38 heavy (non-hydrogen) atoms. The summed E-state index contributed by atoms with van der Waals surface area (Å²) in [5.41, 5.74) is 3.43. The van der Waals surface area contributed by atoms with Crippen LogP contribution < -0.4 is 10.6 Å². The first-order valence-electron chi connectivity index (χ1n) is 12.8. The van der Waals surface area contributed by atoms with E-state index in [1.165, 1.54) is 17.7 Å². The molecule has 4 rings (SSSR count). The van der Waals surface area contributed by atoms with E-state index in [9.17, 15) is 18.7 Å². The maximum absolute atomic E-state index is 13.9. The third-order valence-electron chi connectivity index (χ3n) is 6.54. The lowest BCUT2D eigenvalue weighted by molar-refractivity contribution is -0.124. The van der Waals surface area contributed by atoms with Gasteiger partial charge in [0.05, 0.1) is 12.1 Å². The number of aliphatic hydroxyl groups excluding tert-OH is 1. The average molecular weight is 518 g/mol. The van der Waals surface area contributed by atoms with Gasteiger partial charge >= 0.3 is 0 Å². The summed E-state index contributed by atoms with van der Waals surface area (Å²) in [7, 11) is 0. The Balaban J connectivity index is 1.52. The third kappa shape index (κ3) is 7.37. The second-order valence-electron chi connectivity index (χ2n) is 9.41. The highest BCUT2D eigenvalue weighted by molar-refractivity contribution is 5.84. The summed E-state index contributed by atoms with van der Waals surface area (Å²) in [6, 6.07) is 23.0. The minimum Gasteiger partial charge on any atom is -0.390 e. The first-order valence-corrected chi connectivity index (χ1v) is 12.8. The highest BCUT2D eigenvalue weighted by atomic mass is 19.1. The summed E-state index contributed by atoms with van der Waals surface area (Å²) in [5.74, 6) is -1.74. The Hall–Kier alpha value is -3.81. The van der Waals surface area contributed by atoms with Crippen LogP contribution in [-0.4, -0.2) is 34.3 Å². The fraction of sp³-hybridized carbons (Fsp3) is 0.258. The van der Waals surface area contributed by atoms with Crippen LogP contribution in [0.2, 0.25) is 0 Å². The molecule has 1 heterocycles. The molecule has 0 aliphatic carbocycles. The molecular weight excluding hydrogens is 484 g/mol. The molecule has 0 bridgehead atoms. The number of aryl methyl sites for hydroxylation is 1. The third-order valence-corrected chi connectivity index (χ3v) is 6.54. The summed E-state index contributed by atoms with van der Waals surface area (Å²) in [5, 5.41) is 17.4. The smallest absolute Gasteiger partial charge is 0.248 e. The maximum atomic E-state index is 13.9. The number of hydrogen-bond donors (Lipinski definition) is 3. The second kappa shape index (κ2) is 13.1. The van der Waals surface area contributed by atoms with Crippen LogP contribution in [0, 0.1) is 11.6 Å². The van der Waals surface area contributed by atoms with Gasteiger partial charge in [-0.25, -0.2) is 8.78 Å². The van der Waals surface area contributed by atoms with Crippen molar-refractivity contribution in [3.8, 4) is 0 Å². The van der Waals surface area contributed by atoms with Crippen LogP contribution in [0.5, 0.6) is 0 Å². The number of aliphatic hydroxyl groups is 1. The van der Waals surface area contributed by atoms with Gasteiger partial charge in [-0.3, -0.25) is 4.79 Å². The molecule has 0 aliphatic rings. The van der Waals surface area contributed by atoms with E-state index >= 15 is 0 Å². The summed E-state index contributed by atoms with van der Waals surface area (Å²) < 4.78 is 29.6. The number of nitrogens with one attached hydrogen (secondary N) is 2. The number of carbonyl (C=O) groups is 1. The van der Waals surface area contributed by atoms with Crippen molar-refractivity contribution in [2.24, 2.45) is 0 Å². The molecule has 7 heteroatoms. The predicted octanol–water partition coefficient (Wildman–Crippen LogP) is 4.80. The average Bonchev–Trinajstić information content (AvgIpc) is 3.43. The molecule has 3 aromatic carbocycles. The van der Waals surface area contributed by atoms with Crippen LogP contribution in [0.4, 0.5) is 8.78 Å². The SMILES string of the molecule is CCc1cccc(CNC[C@@H](O)[C@H](Cc2cc(F)cc(F)c2)NC(=O)C(c2ccccc2)n2cccc2)c1. The first kappa shape index (κ1) is 27.2. The van der Waals surface area contributed by atoms with Crippen molar-refractivity contribution in [1.82, 2.24) is 15.2 Å². The van der Waals surface area contributed by atoms with Gasteiger partial charge in [-0.05, 0) is 59.4 Å². The summed E-state index contributed by atoms with van der Waals surface area (Å²) in [6.07, 6.45) is 3.58. The molecule has 0 radical (unpaired) electrons. The van der Waals surface area contributed by atoms with Crippen LogP contribution in [0.1, 0.15) is 35.2 Å². The van der Waals surface area contributed by atoms with Crippen molar-refractivity contribution < 1.29 is 18.7 Å². The number of aromatic nitrogens is 1. The van der Waals surface area contributed by atoms with Crippen LogP contribution in [0.15, 0.2) is 97.3 Å². The van der Waals surface area contributed by atoms with E-state index in [-0.39, 0.29) is 18.9 Å². The number of rotatable bonds is 12. The fourth-order valence-corrected chi connectivity index (χ4v) is 4.61. The van der Waals surface area contributed by atoms with Gasteiger partial charge in [0.15, 0.2) is 0 Å². The highest BCUT2D eigenvalue weighted by Crippen LogP contribution is 2.20. The molecule has 3 atom stereocenters. The van der Waals surface area contributed by atoms with Gasteiger partial charge in [0.2, 0.25) is 5.91 Å². The van der Waals surface area contributed by atoms with E-state index in [1.54, 1.807) is 17.0 Å². The van der Waals surface area contributed by atoms with Crippen molar-refractivity contribution in [1.29, 1.82) is 0 Å². The Morgan fingerprint density at radius 1 is 0.868 bits per heavy atom. The van der Waals surface area contributed by atoms with Gasteiger partial charge in [0.1, 0.15) is 17.7 Å².